The van der Waals surface area contributed by atoms with Crippen molar-refractivity contribution in [3.63, 3.8) is 0 Å². The van der Waals surface area contributed by atoms with Gasteiger partial charge in [0.2, 0.25) is 0 Å². The number of halogens is 1. The second-order valence-corrected chi connectivity index (χ2v) is 6.81. The van der Waals surface area contributed by atoms with Gasteiger partial charge in [-0.15, -0.1) is 0 Å². The van der Waals surface area contributed by atoms with Crippen molar-refractivity contribution in [3.8, 4) is 5.69 Å². The van der Waals surface area contributed by atoms with E-state index in [0.29, 0.717) is 11.6 Å². The summed E-state index contributed by atoms with van der Waals surface area (Å²) in [7, 11) is 0. The molecule has 0 bridgehead atoms. The number of aryl methyl sites for hydroxylation is 1. The van der Waals surface area contributed by atoms with E-state index in [2.05, 4.69) is 15.7 Å². The van der Waals surface area contributed by atoms with E-state index in [0.717, 1.165) is 41.9 Å². The molecule has 5 heteroatoms. The predicted octanol–water partition coefficient (Wildman–Crippen LogP) is 3.88. The SMILES string of the molecule is Cc1cc(NCC2CCNCC2)n(-c2cc3ccccc3cc2F)n1. The Hall–Kier alpha value is -2.40. The first-order valence-electron chi connectivity index (χ1n) is 8.90. The van der Waals surface area contributed by atoms with Crippen LogP contribution in [0.2, 0.25) is 0 Å². The Morgan fingerprint density at radius 1 is 1.16 bits per heavy atom. The molecular formula is C20H23FN4. The number of hydrogen-bond donors (Lipinski definition) is 2. The summed E-state index contributed by atoms with van der Waals surface area (Å²) in [4.78, 5) is 0. The third-order valence-electron chi connectivity index (χ3n) is 4.91. The molecule has 1 saturated heterocycles. The molecule has 25 heavy (non-hydrogen) atoms. The third kappa shape index (κ3) is 3.37. The number of fused-ring (bicyclic) bond motifs is 1. The van der Waals surface area contributed by atoms with Crippen LogP contribution in [0.5, 0.6) is 0 Å². The Bertz CT molecular complexity index is 881. The minimum Gasteiger partial charge on any atom is -0.370 e. The smallest absolute Gasteiger partial charge is 0.149 e. The molecule has 0 atom stereocenters. The molecule has 1 fully saturated rings. The molecule has 1 aromatic heterocycles. The lowest BCUT2D eigenvalue weighted by atomic mass is 9.98. The number of piperidine rings is 1. The number of hydrogen-bond acceptors (Lipinski definition) is 3. The number of nitrogens with zero attached hydrogens (tertiary/aromatic N) is 2. The maximum atomic E-state index is 14.7. The van der Waals surface area contributed by atoms with Gasteiger partial charge in [0, 0.05) is 12.6 Å². The summed E-state index contributed by atoms with van der Waals surface area (Å²) in [6.45, 7) is 4.97. The molecule has 4 rings (SSSR count). The lowest BCUT2D eigenvalue weighted by Gasteiger charge is -2.23. The van der Waals surface area contributed by atoms with Gasteiger partial charge >= 0.3 is 0 Å². The van der Waals surface area contributed by atoms with Crippen molar-refractivity contribution in [1.29, 1.82) is 0 Å². The van der Waals surface area contributed by atoms with Crippen molar-refractivity contribution < 1.29 is 4.39 Å². The molecule has 2 aromatic carbocycles. The average Bonchev–Trinajstić information content (AvgIpc) is 3.00. The summed E-state index contributed by atoms with van der Waals surface area (Å²) in [5.74, 6) is 1.24. The van der Waals surface area contributed by atoms with E-state index in [1.165, 1.54) is 12.8 Å². The third-order valence-corrected chi connectivity index (χ3v) is 4.91. The fourth-order valence-corrected chi connectivity index (χ4v) is 3.51. The number of nitrogens with one attached hydrogen (secondary N) is 2. The molecule has 1 aliphatic rings. The molecule has 0 aliphatic carbocycles. The molecule has 0 radical (unpaired) electrons. The lowest BCUT2D eigenvalue weighted by Crippen LogP contribution is -2.31. The highest BCUT2D eigenvalue weighted by atomic mass is 19.1. The van der Waals surface area contributed by atoms with Gasteiger partial charge in [-0.1, -0.05) is 24.3 Å². The Kier molecular flexibility index (Phi) is 4.40. The van der Waals surface area contributed by atoms with E-state index < -0.39 is 0 Å². The van der Waals surface area contributed by atoms with Gasteiger partial charge in [0.25, 0.3) is 0 Å². The molecule has 4 nitrogen and oxygen atoms in total. The fraction of sp³-hybridized carbons (Fsp3) is 0.350. The van der Waals surface area contributed by atoms with Gasteiger partial charge in [-0.05, 0) is 61.7 Å². The second kappa shape index (κ2) is 6.84. The first-order chi connectivity index (χ1) is 12.2. The summed E-state index contributed by atoms with van der Waals surface area (Å²) in [5, 5.41) is 13.3. The Labute approximate surface area is 147 Å². The van der Waals surface area contributed by atoms with Crippen LogP contribution in [0.15, 0.2) is 42.5 Å². The van der Waals surface area contributed by atoms with E-state index in [9.17, 15) is 4.39 Å². The zero-order valence-corrected chi connectivity index (χ0v) is 14.4. The van der Waals surface area contributed by atoms with Gasteiger partial charge in [-0.3, -0.25) is 0 Å². The van der Waals surface area contributed by atoms with Crippen molar-refractivity contribution in [2.24, 2.45) is 5.92 Å². The van der Waals surface area contributed by atoms with Crippen LogP contribution in [-0.4, -0.2) is 29.4 Å². The molecule has 0 amide bonds. The van der Waals surface area contributed by atoms with Crippen LogP contribution in [0, 0.1) is 18.7 Å². The zero-order chi connectivity index (χ0) is 17.2. The van der Waals surface area contributed by atoms with Crippen molar-refractivity contribution in [2.75, 3.05) is 25.0 Å². The zero-order valence-electron chi connectivity index (χ0n) is 14.4. The van der Waals surface area contributed by atoms with Crippen LogP contribution in [0.3, 0.4) is 0 Å². The molecule has 2 N–H and O–H groups in total. The van der Waals surface area contributed by atoms with Crippen LogP contribution in [0.25, 0.3) is 16.5 Å². The Morgan fingerprint density at radius 2 is 1.88 bits per heavy atom. The average molecular weight is 338 g/mol. The summed E-state index contributed by atoms with van der Waals surface area (Å²) < 4.78 is 16.4. The topological polar surface area (TPSA) is 41.9 Å². The number of benzene rings is 2. The predicted molar refractivity (Wildman–Crippen MR) is 99.8 cm³/mol. The number of aromatic nitrogens is 2. The Morgan fingerprint density at radius 3 is 2.64 bits per heavy atom. The highest BCUT2D eigenvalue weighted by Crippen LogP contribution is 2.25. The van der Waals surface area contributed by atoms with Gasteiger partial charge in [0.1, 0.15) is 17.3 Å². The van der Waals surface area contributed by atoms with Gasteiger partial charge in [-0.2, -0.15) is 5.10 Å². The normalized spacial score (nSPS) is 15.6. The summed E-state index contributed by atoms with van der Waals surface area (Å²) >= 11 is 0. The lowest BCUT2D eigenvalue weighted by molar-refractivity contribution is 0.389. The van der Waals surface area contributed by atoms with Crippen molar-refractivity contribution in [3.05, 3.63) is 54.0 Å². The van der Waals surface area contributed by atoms with Gasteiger partial charge < -0.3 is 10.6 Å². The minimum absolute atomic E-state index is 0.258. The van der Waals surface area contributed by atoms with E-state index in [4.69, 9.17) is 0 Å². The highest BCUT2D eigenvalue weighted by molar-refractivity contribution is 5.84. The maximum absolute atomic E-state index is 14.7. The largest absolute Gasteiger partial charge is 0.370 e. The summed E-state index contributed by atoms with van der Waals surface area (Å²) in [6.07, 6.45) is 2.34. The van der Waals surface area contributed by atoms with E-state index in [1.54, 1.807) is 10.7 Å². The van der Waals surface area contributed by atoms with Crippen LogP contribution in [0.1, 0.15) is 18.5 Å². The minimum atomic E-state index is -0.258. The number of anilines is 1. The van der Waals surface area contributed by atoms with Crippen molar-refractivity contribution in [1.82, 2.24) is 15.1 Å². The Balaban J connectivity index is 1.65. The maximum Gasteiger partial charge on any atom is 0.149 e. The molecule has 2 heterocycles. The molecule has 130 valence electrons. The van der Waals surface area contributed by atoms with E-state index in [-0.39, 0.29) is 5.82 Å². The quantitative estimate of drug-likeness (QED) is 0.758. The second-order valence-electron chi connectivity index (χ2n) is 6.81. The first-order valence-corrected chi connectivity index (χ1v) is 8.90. The molecular weight excluding hydrogens is 315 g/mol. The van der Waals surface area contributed by atoms with Gasteiger partial charge in [0.05, 0.1) is 5.69 Å². The first kappa shape index (κ1) is 16.1. The van der Waals surface area contributed by atoms with E-state index >= 15 is 0 Å². The van der Waals surface area contributed by atoms with Crippen LogP contribution < -0.4 is 10.6 Å². The van der Waals surface area contributed by atoms with Crippen LogP contribution in [-0.2, 0) is 0 Å². The van der Waals surface area contributed by atoms with Crippen LogP contribution >= 0.6 is 0 Å². The van der Waals surface area contributed by atoms with E-state index in [1.807, 2.05) is 43.3 Å². The fourth-order valence-electron chi connectivity index (χ4n) is 3.51. The summed E-state index contributed by atoms with van der Waals surface area (Å²) in [5.41, 5.74) is 1.36. The molecule has 0 unspecified atom stereocenters. The van der Waals surface area contributed by atoms with Crippen LogP contribution in [0.4, 0.5) is 10.2 Å². The monoisotopic (exact) mass is 338 g/mol. The number of rotatable bonds is 4. The molecule has 0 spiro atoms. The summed E-state index contributed by atoms with van der Waals surface area (Å²) in [6, 6.07) is 13.2. The van der Waals surface area contributed by atoms with Gasteiger partial charge in [-0.25, -0.2) is 9.07 Å². The van der Waals surface area contributed by atoms with Crippen molar-refractivity contribution in [2.45, 2.75) is 19.8 Å². The standard InChI is InChI=1S/C20H23FN4/c1-14-10-20(23-13-15-6-8-22-9-7-15)25(24-14)19-12-17-5-3-2-4-16(17)11-18(19)21/h2-5,10-12,15,22-23H,6-9,13H2,1H3. The molecule has 3 aromatic rings. The van der Waals surface area contributed by atoms with Crippen molar-refractivity contribution >= 4 is 16.6 Å². The highest BCUT2D eigenvalue weighted by Gasteiger charge is 2.16. The molecule has 1 aliphatic heterocycles. The van der Waals surface area contributed by atoms with Gasteiger partial charge in [0.15, 0.2) is 0 Å². The molecule has 0 saturated carbocycles.